The van der Waals surface area contributed by atoms with Gasteiger partial charge in [0.2, 0.25) is 5.91 Å². The molecule has 0 bridgehead atoms. The van der Waals surface area contributed by atoms with Gasteiger partial charge in [-0.25, -0.2) is 9.07 Å². The summed E-state index contributed by atoms with van der Waals surface area (Å²) in [7, 11) is 3.89. The van der Waals surface area contributed by atoms with Gasteiger partial charge in [-0.1, -0.05) is 12.1 Å². The molecule has 1 heterocycles. The van der Waals surface area contributed by atoms with Crippen LogP contribution in [0.3, 0.4) is 0 Å². The highest BCUT2D eigenvalue weighted by molar-refractivity contribution is 5.75. The van der Waals surface area contributed by atoms with Crippen LogP contribution in [0.4, 0.5) is 4.39 Å². The van der Waals surface area contributed by atoms with E-state index in [-0.39, 0.29) is 18.3 Å². The van der Waals surface area contributed by atoms with Crippen LogP contribution in [0, 0.1) is 5.82 Å². The Morgan fingerprint density at radius 1 is 1.23 bits per heavy atom. The molecule has 0 radical (unpaired) electrons. The van der Waals surface area contributed by atoms with Crippen molar-refractivity contribution in [3.63, 3.8) is 0 Å². The highest BCUT2D eigenvalue weighted by Gasteiger charge is 2.15. The average Bonchev–Trinajstić information content (AvgIpc) is 2.98. The number of amides is 1. The van der Waals surface area contributed by atoms with Crippen LogP contribution in [0.5, 0.6) is 0 Å². The van der Waals surface area contributed by atoms with E-state index in [1.54, 1.807) is 17.0 Å². The quantitative estimate of drug-likeness (QED) is 0.741. The van der Waals surface area contributed by atoms with Gasteiger partial charge in [0.25, 0.3) is 0 Å². The van der Waals surface area contributed by atoms with Crippen LogP contribution in [0.25, 0.3) is 0 Å². The van der Waals surface area contributed by atoms with Crippen LogP contribution in [0.1, 0.15) is 5.56 Å². The summed E-state index contributed by atoms with van der Waals surface area (Å²) in [4.78, 5) is 16.1. The molecule has 0 atom stereocenters. The molecule has 0 fully saturated rings. The van der Waals surface area contributed by atoms with Crippen LogP contribution in [-0.2, 0) is 17.9 Å². The zero-order valence-corrected chi connectivity index (χ0v) is 12.7. The number of nitrogens with zero attached hydrogens (tertiary/aromatic N) is 6. The lowest BCUT2D eigenvalue weighted by Crippen LogP contribution is -2.38. The molecule has 0 aliphatic heterocycles. The van der Waals surface area contributed by atoms with E-state index in [1.807, 2.05) is 19.0 Å². The van der Waals surface area contributed by atoms with E-state index in [0.29, 0.717) is 13.1 Å². The molecule has 2 rings (SSSR count). The number of aromatic nitrogens is 4. The third-order valence-corrected chi connectivity index (χ3v) is 3.15. The second kappa shape index (κ2) is 7.60. The van der Waals surface area contributed by atoms with Crippen LogP contribution in [-0.4, -0.2) is 63.1 Å². The number of tetrazole rings is 1. The van der Waals surface area contributed by atoms with E-state index in [2.05, 4.69) is 15.5 Å². The van der Waals surface area contributed by atoms with Gasteiger partial charge >= 0.3 is 0 Å². The van der Waals surface area contributed by atoms with Crippen molar-refractivity contribution in [2.24, 2.45) is 0 Å². The molecule has 0 saturated heterocycles. The molecule has 1 aromatic heterocycles. The fourth-order valence-corrected chi connectivity index (χ4v) is 1.91. The second-order valence-electron chi connectivity index (χ2n) is 5.25. The van der Waals surface area contributed by atoms with E-state index in [1.165, 1.54) is 23.1 Å². The Morgan fingerprint density at radius 3 is 2.55 bits per heavy atom. The van der Waals surface area contributed by atoms with Gasteiger partial charge < -0.3 is 9.80 Å². The maximum absolute atomic E-state index is 13.0. The minimum absolute atomic E-state index is 0.0847. The number of rotatable bonds is 7. The topological polar surface area (TPSA) is 67.2 Å². The Labute approximate surface area is 128 Å². The largest absolute Gasteiger partial charge is 0.335 e. The third-order valence-electron chi connectivity index (χ3n) is 3.15. The molecule has 0 spiro atoms. The maximum Gasteiger partial charge on any atom is 0.244 e. The predicted molar refractivity (Wildman–Crippen MR) is 78.2 cm³/mol. The molecule has 0 aliphatic carbocycles. The summed E-state index contributed by atoms with van der Waals surface area (Å²) in [5.41, 5.74) is 0.880. The standard InChI is InChI=1S/C14H19FN6O/c1-19(2)7-8-20(9-12-3-5-13(15)6-4-12)14(22)10-21-11-16-17-18-21/h3-6,11H,7-10H2,1-2H3. The van der Waals surface area contributed by atoms with E-state index in [0.717, 1.165) is 12.1 Å². The molecule has 1 amide bonds. The van der Waals surface area contributed by atoms with Crippen molar-refractivity contribution < 1.29 is 9.18 Å². The zero-order valence-electron chi connectivity index (χ0n) is 12.7. The summed E-state index contributed by atoms with van der Waals surface area (Å²) in [6, 6.07) is 6.15. The number of hydrogen-bond acceptors (Lipinski definition) is 5. The molecule has 0 aliphatic rings. The van der Waals surface area contributed by atoms with E-state index < -0.39 is 0 Å². The molecule has 2 aromatic rings. The number of benzene rings is 1. The Hall–Kier alpha value is -2.35. The normalized spacial score (nSPS) is 10.9. The van der Waals surface area contributed by atoms with E-state index in [4.69, 9.17) is 0 Å². The smallest absolute Gasteiger partial charge is 0.244 e. The summed E-state index contributed by atoms with van der Waals surface area (Å²) in [5.74, 6) is -0.373. The van der Waals surface area contributed by atoms with Crippen LogP contribution < -0.4 is 0 Å². The highest BCUT2D eigenvalue weighted by Crippen LogP contribution is 2.07. The molecule has 0 unspecified atom stereocenters. The lowest BCUT2D eigenvalue weighted by Gasteiger charge is -2.24. The molecular formula is C14H19FN6O. The van der Waals surface area contributed by atoms with E-state index in [9.17, 15) is 9.18 Å². The van der Waals surface area contributed by atoms with Gasteiger partial charge in [-0.3, -0.25) is 4.79 Å². The van der Waals surface area contributed by atoms with Crippen molar-refractivity contribution in [2.75, 3.05) is 27.2 Å². The Bertz CT molecular complexity index is 584. The predicted octanol–water partition coefficient (Wildman–Crippen LogP) is 0.403. The highest BCUT2D eigenvalue weighted by atomic mass is 19.1. The summed E-state index contributed by atoms with van der Waals surface area (Å²) >= 11 is 0. The van der Waals surface area contributed by atoms with Crippen LogP contribution in [0.15, 0.2) is 30.6 Å². The Kier molecular flexibility index (Phi) is 5.54. The zero-order chi connectivity index (χ0) is 15.9. The molecular weight excluding hydrogens is 287 g/mol. The minimum Gasteiger partial charge on any atom is -0.335 e. The average molecular weight is 306 g/mol. The SMILES string of the molecule is CN(C)CCN(Cc1ccc(F)cc1)C(=O)Cn1cnnn1. The minimum atomic E-state index is -0.288. The van der Waals surface area contributed by atoms with Gasteiger partial charge in [0.15, 0.2) is 0 Å². The first kappa shape index (κ1) is 16.0. The van der Waals surface area contributed by atoms with E-state index >= 15 is 0 Å². The summed E-state index contributed by atoms with van der Waals surface area (Å²) in [6.45, 7) is 1.82. The summed E-state index contributed by atoms with van der Waals surface area (Å²) < 4.78 is 14.4. The van der Waals surface area contributed by atoms with Gasteiger partial charge in [-0.05, 0) is 42.2 Å². The lowest BCUT2D eigenvalue weighted by atomic mass is 10.2. The molecule has 0 saturated carbocycles. The van der Waals surface area contributed by atoms with Crippen molar-refractivity contribution in [2.45, 2.75) is 13.1 Å². The number of carbonyl (C=O) groups excluding carboxylic acids is 1. The van der Waals surface area contributed by atoms with Gasteiger partial charge in [-0.15, -0.1) is 5.10 Å². The third kappa shape index (κ3) is 4.88. The first-order chi connectivity index (χ1) is 10.5. The fraction of sp³-hybridized carbons (Fsp3) is 0.429. The molecule has 22 heavy (non-hydrogen) atoms. The number of hydrogen-bond donors (Lipinski definition) is 0. The van der Waals surface area contributed by atoms with Crippen molar-refractivity contribution in [3.05, 3.63) is 42.0 Å². The number of carbonyl (C=O) groups is 1. The number of likely N-dealkylation sites (N-methyl/N-ethyl adjacent to an activating group) is 1. The van der Waals surface area contributed by atoms with Gasteiger partial charge in [0, 0.05) is 19.6 Å². The molecule has 1 aromatic carbocycles. The lowest BCUT2D eigenvalue weighted by molar-refractivity contribution is -0.132. The summed E-state index contributed by atoms with van der Waals surface area (Å²) in [6.07, 6.45) is 1.40. The summed E-state index contributed by atoms with van der Waals surface area (Å²) in [5, 5.41) is 10.7. The molecule has 0 N–H and O–H groups in total. The van der Waals surface area contributed by atoms with Crippen molar-refractivity contribution >= 4 is 5.91 Å². The molecule has 8 heteroatoms. The first-order valence-electron chi connectivity index (χ1n) is 6.92. The van der Waals surface area contributed by atoms with Crippen LogP contribution in [0.2, 0.25) is 0 Å². The van der Waals surface area contributed by atoms with Gasteiger partial charge in [0.1, 0.15) is 18.7 Å². The van der Waals surface area contributed by atoms with Crippen molar-refractivity contribution in [1.29, 1.82) is 0 Å². The second-order valence-corrected chi connectivity index (χ2v) is 5.25. The van der Waals surface area contributed by atoms with Gasteiger partial charge in [-0.2, -0.15) is 0 Å². The first-order valence-corrected chi connectivity index (χ1v) is 6.92. The maximum atomic E-state index is 13.0. The van der Waals surface area contributed by atoms with Crippen LogP contribution >= 0.6 is 0 Å². The van der Waals surface area contributed by atoms with Crippen molar-refractivity contribution in [1.82, 2.24) is 30.0 Å². The van der Waals surface area contributed by atoms with Gasteiger partial charge in [0.05, 0.1) is 0 Å². The fourth-order valence-electron chi connectivity index (χ4n) is 1.91. The van der Waals surface area contributed by atoms with Crippen molar-refractivity contribution in [3.8, 4) is 0 Å². The molecule has 7 nitrogen and oxygen atoms in total. The Balaban J connectivity index is 2.04. The Morgan fingerprint density at radius 2 is 1.95 bits per heavy atom. The monoisotopic (exact) mass is 306 g/mol. The number of halogens is 1. The molecule has 118 valence electrons.